The lowest BCUT2D eigenvalue weighted by molar-refractivity contribution is -0.120. The molecule has 1 rings (SSSR count). The van der Waals surface area contributed by atoms with E-state index in [4.69, 9.17) is 17.3 Å². The molecule has 1 aromatic rings. The number of carbonyl (C=O) groups is 1. The Hall–Kier alpha value is -0.840. The Morgan fingerprint density at radius 1 is 1.50 bits per heavy atom. The molecule has 102 valence electrons. The van der Waals surface area contributed by atoms with E-state index in [-0.39, 0.29) is 35.3 Å². The highest BCUT2D eigenvalue weighted by molar-refractivity contribution is 6.31. The number of hydrogen-bond donors (Lipinski definition) is 2. The Morgan fingerprint density at radius 3 is 2.61 bits per heavy atom. The first-order valence-corrected chi connectivity index (χ1v) is 5.66. The molecule has 0 aliphatic rings. The zero-order valence-electron chi connectivity index (χ0n) is 10.3. The molecule has 1 aromatic carbocycles. The number of benzene rings is 1. The van der Waals surface area contributed by atoms with Crippen molar-refractivity contribution in [3.05, 3.63) is 34.6 Å². The lowest BCUT2D eigenvalue weighted by Gasteiger charge is -2.19. The van der Waals surface area contributed by atoms with Crippen molar-refractivity contribution in [2.24, 2.45) is 5.73 Å². The number of nitrogens with one attached hydrogen (secondary N) is 1. The van der Waals surface area contributed by atoms with Gasteiger partial charge in [-0.2, -0.15) is 0 Å². The standard InChI is InChI=1S/C12H16ClFN2O.ClH/c1-12(2,15)7-16-11(17)6-8-9(13)4-3-5-10(8)14;/h3-5H,6-7,15H2,1-2H3,(H,16,17);1H. The third kappa shape index (κ3) is 5.67. The number of amides is 1. The van der Waals surface area contributed by atoms with Crippen molar-refractivity contribution in [3.63, 3.8) is 0 Å². The average Bonchev–Trinajstić information content (AvgIpc) is 2.20. The van der Waals surface area contributed by atoms with Crippen LogP contribution in [0.4, 0.5) is 4.39 Å². The summed E-state index contributed by atoms with van der Waals surface area (Å²) in [6, 6.07) is 4.34. The molecular weight excluding hydrogens is 278 g/mol. The summed E-state index contributed by atoms with van der Waals surface area (Å²) in [5.74, 6) is -0.768. The topological polar surface area (TPSA) is 55.1 Å². The van der Waals surface area contributed by atoms with Gasteiger partial charge in [0.15, 0.2) is 0 Å². The molecule has 0 saturated carbocycles. The molecule has 18 heavy (non-hydrogen) atoms. The van der Waals surface area contributed by atoms with Gasteiger partial charge in [0, 0.05) is 22.7 Å². The van der Waals surface area contributed by atoms with Crippen molar-refractivity contribution in [2.75, 3.05) is 6.54 Å². The lowest BCUT2D eigenvalue weighted by atomic mass is 10.1. The van der Waals surface area contributed by atoms with Gasteiger partial charge in [-0.05, 0) is 26.0 Å². The molecule has 0 aliphatic carbocycles. The molecule has 0 aliphatic heterocycles. The Morgan fingerprint density at radius 2 is 2.11 bits per heavy atom. The second kappa shape index (κ2) is 6.92. The van der Waals surface area contributed by atoms with Gasteiger partial charge in [0.1, 0.15) is 5.82 Å². The average molecular weight is 295 g/mol. The van der Waals surface area contributed by atoms with Gasteiger partial charge in [-0.3, -0.25) is 4.79 Å². The Balaban J connectivity index is 0.00000289. The Kier molecular flexibility index (Phi) is 6.60. The molecule has 0 unspecified atom stereocenters. The summed E-state index contributed by atoms with van der Waals surface area (Å²) in [4.78, 5) is 11.6. The van der Waals surface area contributed by atoms with E-state index in [1.54, 1.807) is 19.9 Å². The van der Waals surface area contributed by atoms with Crippen LogP contribution in [-0.4, -0.2) is 18.0 Å². The molecule has 0 heterocycles. The van der Waals surface area contributed by atoms with E-state index in [2.05, 4.69) is 5.32 Å². The molecule has 6 heteroatoms. The van der Waals surface area contributed by atoms with Crippen molar-refractivity contribution in [3.8, 4) is 0 Å². The van der Waals surface area contributed by atoms with E-state index in [1.165, 1.54) is 12.1 Å². The smallest absolute Gasteiger partial charge is 0.224 e. The van der Waals surface area contributed by atoms with Crippen LogP contribution in [0.3, 0.4) is 0 Å². The van der Waals surface area contributed by atoms with E-state index in [1.807, 2.05) is 0 Å². The number of rotatable bonds is 4. The number of hydrogen-bond acceptors (Lipinski definition) is 2. The van der Waals surface area contributed by atoms with Crippen molar-refractivity contribution in [1.82, 2.24) is 5.32 Å². The van der Waals surface area contributed by atoms with E-state index in [0.29, 0.717) is 6.54 Å². The summed E-state index contributed by atoms with van der Waals surface area (Å²) in [6.07, 6.45) is -0.0818. The van der Waals surface area contributed by atoms with Gasteiger partial charge in [0.05, 0.1) is 6.42 Å². The van der Waals surface area contributed by atoms with Gasteiger partial charge >= 0.3 is 0 Å². The minimum Gasteiger partial charge on any atom is -0.354 e. The minimum absolute atomic E-state index is 0. The Bertz CT molecular complexity index is 399. The van der Waals surface area contributed by atoms with E-state index in [0.717, 1.165) is 0 Å². The molecule has 3 N–H and O–H groups in total. The first-order chi connectivity index (χ1) is 7.79. The van der Waals surface area contributed by atoms with Crippen molar-refractivity contribution < 1.29 is 9.18 Å². The second-order valence-corrected chi connectivity index (χ2v) is 5.05. The quantitative estimate of drug-likeness (QED) is 0.895. The number of carbonyl (C=O) groups excluding carboxylic acids is 1. The van der Waals surface area contributed by atoms with Crippen molar-refractivity contribution >= 4 is 29.9 Å². The van der Waals surface area contributed by atoms with E-state index in [9.17, 15) is 9.18 Å². The maximum absolute atomic E-state index is 13.4. The van der Waals surface area contributed by atoms with Crippen LogP contribution in [0.25, 0.3) is 0 Å². The summed E-state index contributed by atoms with van der Waals surface area (Å²) in [5.41, 5.74) is 5.44. The first kappa shape index (κ1) is 17.2. The fourth-order valence-electron chi connectivity index (χ4n) is 1.25. The molecule has 3 nitrogen and oxygen atoms in total. The van der Waals surface area contributed by atoms with Gasteiger partial charge in [0.25, 0.3) is 0 Å². The van der Waals surface area contributed by atoms with E-state index >= 15 is 0 Å². The van der Waals surface area contributed by atoms with Crippen LogP contribution in [0.1, 0.15) is 19.4 Å². The van der Waals surface area contributed by atoms with Gasteiger partial charge in [-0.25, -0.2) is 4.39 Å². The largest absolute Gasteiger partial charge is 0.354 e. The molecule has 0 spiro atoms. The molecule has 0 saturated heterocycles. The first-order valence-electron chi connectivity index (χ1n) is 5.28. The van der Waals surface area contributed by atoms with Gasteiger partial charge in [0.2, 0.25) is 5.91 Å². The van der Waals surface area contributed by atoms with Gasteiger partial charge in [-0.1, -0.05) is 17.7 Å². The third-order valence-corrected chi connectivity index (χ3v) is 2.49. The zero-order chi connectivity index (χ0) is 13.1. The zero-order valence-corrected chi connectivity index (χ0v) is 11.9. The van der Waals surface area contributed by atoms with Crippen LogP contribution in [0.15, 0.2) is 18.2 Å². The van der Waals surface area contributed by atoms with Crippen LogP contribution in [0.2, 0.25) is 5.02 Å². The van der Waals surface area contributed by atoms with Crippen molar-refractivity contribution in [2.45, 2.75) is 25.8 Å². The van der Waals surface area contributed by atoms with E-state index < -0.39 is 11.4 Å². The normalized spacial score (nSPS) is 10.7. The summed E-state index contributed by atoms with van der Waals surface area (Å²) in [7, 11) is 0. The van der Waals surface area contributed by atoms with Crippen molar-refractivity contribution in [1.29, 1.82) is 0 Å². The molecule has 0 bridgehead atoms. The maximum Gasteiger partial charge on any atom is 0.224 e. The highest BCUT2D eigenvalue weighted by Crippen LogP contribution is 2.19. The van der Waals surface area contributed by atoms with Crippen LogP contribution in [0.5, 0.6) is 0 Å². The summed E-state index contributed by atoms with van der Waals surface area (Å²) in [6.45, 7) is 3.92. The Labute approximate surface area is 117 Å². The minimum atomic E-state index is -0.491. The molecule has 0 aromatic heterocycles. The SMILES string of the molecule is CC(C)(N)CNC(=O)Cc1c(F)cccc1Cl.Cl. The molecule has 0 radical (unpaired) electrons. The fourth-order valence-corrected chi connectivity index (χ4v) is 1.48. The number of nitrogens with two attached hydrogens (primary N) is 1. The fraction of sp³-hybridized carbons (Fsp3) is 0.417. The molecular formula is C12H17Cl2FN2O. The second-order valence-electron chi connectivity index (χ2n) is 4.64. The van der Waals surface area contributed by atoms with Crippen LogP contribution in [-0.2, 0) is 11.2 Å². The van der Waals surface area contributed by atoms with Crippen LogP contribution < -0.4 is 11.1 Å². The van der Waals surface area contributed by atoms with Gasteiger partial charge in [-0.15, -0.1) is 12.4 Å². The van der Waals surface area contributed by atoms with Gasteiger partial charge < -0.3 is 11.1 Å². The maximum atomic E-state index is 13.4. The van der Waals surface area contributed by atoms with Crippen LogP contribution >= 0.6 is 24.0 Å². The highest BCUT2D eigenvalue weighted by atomic mass is 35.5. The predicted molar refractivity (Wildman–Crippen MR) is 73.6 cm³/mol. The molecule has 0 atom stereocenters. The number of halogens is 3. The summed E-state index contributed by atoms with van der Waals surface area (Å²) in [5, 5.41) is 2.89. The lowest BCUT2D eigenvalue weighted by Crippen LogP contribution is -2.45. The summed E-state index contributed by atoms with van der Waals surface area (Å²) < 4.78 is 13.4. The predicted octanol–water partition coefficient (Wildman–Crippen LogP) is 2.30. The summed E-state index contributed by atoms with van der Waals surface area (Å²) >= 11 is 5.82. The highest BCUT2D eigenvalue weighted by Gasteiger charge is 2.15. The molecule has 0 fully saturated rings. The molecule has 1 amide bonds. The monoisotopic (exact) mass is 294 g/mol. The third-order valence-electron chi connectivity index (χ3n) is 2.14. The van der Waals surface area contributed by atoms with Crippen LogP contribution in [0, 0.1) is 5.82 Å².